The normalized spacial score (nSPS) is 11.5. The van der Waals surface area contributed by atoms with Crippen molar-refractivity contribution in [3.63, 3.8) is 0 Å². The highest BCUT2D eigenvalue weighted by atomic mass is 79.9. The Morgan fingerprint density at radius 3 is 2.71 bits per heavy atom. The van der Waals surface area contributed by atoms with Crippen LogP contribution in [0.4, 0.5) is 0 Å². The van der Waals surface area contributed by atoms with Crippen LogP contribution in [0.25, 0.3) is 10.9 Å². The predicted molar refractivity (Wildman–Crippen MR) is 62.6 cm³/mol. The summed E-state index contributed by atoms with van der Waals surface area (Å²) in [6, 6.07) is 6.62. The Balaban J connectivity index is 2.84. The Morgan fingerprint density at radius 2 is 2.07 bits per heavy atom. The average molecular weight is 253 g/mol. The van der Waals surface area contributed by atoms with Crippen molar-refractivity contribution < 1.29 is 0 Å². The number of halogens is 1. The van der Waals surface area contributed by atoms with Gasteiger partial charge in [-0.15, -0.1) is 0 Å². The van der Waals surface area contributed by atoms with Gasteiger partial charge in [-0.1, -0.05) is 22.0 Å². The molecule has 0 bridgehead atoms. The monoisotopic (exact) mass is 252 g/mol. The molecule has 0 fully saturated rings. The quantitative estimate of drug-likeness (QED) is 0.757. The first-order chi connectivity index (χ1) is 6.61. The van der Waals surface area contributed by atoms with E-state index in [0.29, 0.717) is 6.04 Å². The van der Waals surface area contributed by atoms with Gasteiger partial charge in [-0.2, -0.15) is 5.10 Å². The molecular formula is C11H13BrN2. The third-order valence-electron chi connectivity index (χ3n) is 2.35. The molecule has 0 aliphatic heterocycles. The zero-order valence-electron chi connectivity index (χ0n) is 8.58. The van der Waals surface area contributed by atoms with E-state index in [1.165, 1.54) is 10.9 Å². The molecule has 14 heavy (non-hydrogen) atoms. The first-order valence-electron chi connectivity index (χ1n) is 4.74. The molecule has 0 saturated heterocycles. The SMILES string of the molecule is Cc1nn(C(C)C)c2cccc(Br)c12. The van der Waals surface area contributed by atoms with E-state index >= 15 is 0 Å². The summed E-state index contributed by atoms with van der Waals surface area (Å²) in [5.41, 5.74) is 2.29. The molecule has 1 aromatic heterocycles. The number of aromatic nitrogens is 2. The highest BCUT2D eigenvalue weighted by Crippen LogP contribution is 2.28. The van der Waals surface area contributed by atoms with Crippen molar-refractivity contribution in [1.82, 2.24) is 9.78 Å². The Morgan fingerprint density at radius 1 is 1.36 bits per heavy atom. The number of aryl methyl sites for hydroxylation is 1. The number of rotatable bonds is 1. The van der Waals surface area contributed by atoms with E-state index in [1.807, 2.05) is 13.0 Å². The van der Waals surface area contributed by atoms with Crippen molar-refractivity contribution in [2.75, 3.05) is 0 Å². The number of fused-ring (bicyclic) bond motifs is 1. The smallest absolute Gasteiger partial charge is 0.0699 e. The summed E-state index contributed by atoms with van der Waals surface area (Å²) >= 11 is 3.56. The summed E-state index contributed by atoms with van der Waals surface area (Å²) < 4.78 is 3.19. The molecule has 1 heterocycles. The lowest BCUT2D eigenvalue weighted by molar-refractivity contribution is 0.547. The van der Waals surface area contributed by atoms with Crippen LogP contribution < -0.4 is 0 Å². The fraction of sp³-hybridized carbons (Fsp3) is 0.364. The maximum absolute atomic E-state index is 4.54. The summed E-state index contributed by atoms with van der Waals surface area (Å²) in [6.45, 7) is 6.34. The lowest BCUT2D eigenvalue weighted by atomic mass is 10.2. The number of nitrogens with zero attached hydrogens (tertiary/aromatic N) is 2. The summed E-state index contributed by atoms with van der Waals surface area (Å²) in [7, 11) is 0. The van der Waals surface area contributed by atoms with Crippen molar-refractivity contribution in [3.05, 3.63) is 28.4 Å². The molecule has 0 N–H and O–H groups in total. The van der Waals surface area contributed by atoms with Crippen LogP contribution in [0.2, 0.25) is 0 Å². The summed E-state index contributed by atoms with van der Waals surface area (Å²) in [5.74, 6) is 0. The second-order valence-electron chi connectivity index (χ2n) is 3.76. The summed E-state index contributed by atoms with van der Waals surface area (Å²) in [4.78, 5) is 0. The van der Waals surface area contributed by atoms with Crippen LogP contribution in [0.5, 0.6) is 0 Å². The molecule has 1 aromatic carbocycles. The van der Waals surface area contributed by atoms with Gasteiger partial charge in [0, 0.05) is 15.9 Å². The van der Waals surface area contributed by atoms with E-state index in [-0.39, 0.29) is 0 Å². The third kappa shape index (κ3) is 1.36. The van der Waals surface area contributed by atoms with E-state index < -0.39 is 0 Å². The molecule has 2 nitrogen and oxygen atoms in total. The zero-order chi connectivity index (χ0) is 10.3. The van der Waals surface area contributed by atoms with Crippen LogP contribution in [0.1, 0.15) is 25.6 Å². The van der Waals surface area contributed by atoms with Crippen molar-refractivity contribution in [3.8, 4) is 0 Å². The van der Waals surface area contributed by atoms with Crippen molar-refractivity contribution in [1.29, 1.82) is 0 Å². The summed E-state index contributed by atoms with van der Waals surface area (Å²) in [6.07, 6.45) is 0. The van der Waals surface area contributed by atoms with Crippen LogP contribution >= 0.6 is 15.9 Å². The second kappa shape index (κ2) is 3.39. The van der Waals surface area contributed by atoms with Gasteiger partial charge >= 0.3 is 0 Å². The van der Waals surface area contributed by atoms with Crippen LogP contribution in [0, 0.1) is 6.92 Å². The second-order valence-corrected chi connectivity index (χ2v) is 4.61. The topological polar surface area (TPSA) is 17.8 Å². The fourth-order valence-corrected chi connectivity index (χ4v) is 2.36. The van der Waals surface area contributed by atoms with Gasteiger partial charge in [-0.05, 0) is 32.9 Å². The first-order valence-corrected chi connectivity index (χ1v) is 5.54. The van der Waals surface area contributed by atoms with Gasteiger partial charge in [0.1, 0.15) is 0 Å². The van der Waals surface area contributed by atoms with Crippen LogP contribution in [0.3, 0.4) is 0 Å². The molecule has 2 aromatic rings. The van der Waals surface area contributed by atoms with Crippen LogP contribution in [0.15, 0.2) is 22.7 Å². The molecule has 0 amide bonds. The standard InChI is InChI=1S/C11H13BrN2/c1-7(2)14-10-6-4-5-9(12)11(10)8(3)13-14/h4-7H,1-3H3. The lowest BCUT2D eigenvalue weighted by Gasteiger charge is -2.06. The minimum Gasteiger partial charge on any atom is -0.262 e. The minimum atomic E-state index is 0.403. The van der Waals surface area contributed by atoms with E-state index in [0.717, 1.165) is 10.2 Å². The maximum atomic E-state index is 4.54. The largest absolute Gasteiger partial charge is 0.262 e. The molecule has 0 aliphatic carbocycles. The number of hydrogen-bond donors (Lipinski definition) is 0. The molecule has 0 aliphatic rings. The highest BCUT2D eigenvalue weighted by molar-refractivity contribution is 9.10. The van der Waals surface area contributed by atoms with Gasteiger partial charge in [0.05, 0.1) is 11.2 Å². The van der Waals surface area contributed by atoms with E-state index in [1.54, 1.807) is 0 Å². The highest BCUT2D eigenvalue weighted by Gasteiger charge is 2.11. The molecule has 0 radical (unpaired) electrons. The Bertz CT molecular complexity index is 471. The van der Waals surface area contributed by atoms with Crippen LogP contribution in [-0.4, -0.2) is 9.78 Å². The average Bonchev–Trinajstić information content (AvgIpc) is 2.45. The van der Waals surface area contributed by atoms with Gasteiger partial charge < -0.3 is 0 Å². The van der Waals surface area contributed by atoms with Gasteiger partial charge in [0.2, 0.25) is 0 Å². The Hall–Kier alpha value is -0.830. The zero-order valence-corrected chi connectivity index (χ0v) is 10.2. The molecular weight excluding hydrogens is 240 g/mol. The van der Waals surface area contributed by atoms with Crippen molar-refractivity contribution >= 4 is 26.8 Å². The molecule has 74 valence electrons. The van der Waals surface area contributed by atoms with Gasteiger partial charge in [-0.3, -0.25) is 4.68 Å². The summed E-state index contributed by atoms with van der Waals surface area (Å²) in [5, 5.41) is 5.76. The van der Waals surface area contributed by atoms with E-state index in [2.05, 4.69) is 51.7 Å². The molecule has 0 atom stereocenters. The number of hydrogen-bond acceptors (Lipinski definition) is 1. The van der Waals surface area contributed by atoms with Crippen LogP contribution in [-0.2, 0) is 0 Å². The predicted octanol–water partition coefficient (Wildman–Crippen LogP) is 3.69. The molecule has 0 saturated carbocycles. The van der Waals surface area contributed by atoms with Gasteiger partial charge in [0.15, 0.2) is 0 Å². The third-order valence-corrected chi connectivity index (χ3v) is 3.01. The molecule has 0 unspecified atom stereocenters. The minimum absolute atomic E-state index is 0.403. The van der Waals surface area contributed by atoms with E-state index in [9.17, 15) is 0 Å². The maximum Gasteiger partial charge on any atom is 0.0699 e. The van der Waals surface area contributed by atoms with Crippen molar-refractivity contribution in [2.45, 2.75) is 26.8 Å². The molecule has 2 rings (SSSR count). The van der Waals surface area contributed by atoms with Gasteiger partial charge in [-0.25, -0.2) is 0 Å². The van der Waals surface area contributed by atoms with E-state index in [4.69, 9.17) is 0 Å². The molecule has 3 heteroatoms. The van der Waals surface area contributed by atoms with Crippen molar-refractivity contribution in [2.24, 2.45) is 0 Å². The molecule has 0 spiro atoms. The fourth-order valence-electron chi connectivity index (χ4n) is 1.72. The Labute approximate surface area is 92.0 Å². The van der Waals surface area contributed by atoms with Gasteiger partial charge in [0.25, 0.3) is 0 Å². The first kappa shape index (κ1) is 9.71. The lowest BCUT2D eigenvalue weighted by Crippen LogP contribution is -2.02. The number of benzene rings is 1. The Kier molecular flexibility index (Phi) is 2.35.